The van der Waals surface area contributed by atoms with Crippen LogP contribution in [0.4, 0.5) is 9.39 Å². The molecule has 0 aliphatic rings. The summed E-state index contributed by atoms with van der Waals surface area (Å²) in [5.41, 5.74) is 0.409. The SMILES string of the molecule is COC(=O)c1sc(NC(=O)Cc2c(F)cccc2Cl)c(C(=O)OC)c1C. The molecule has 0 saturated carbocycles. The van der Waals surface area contributed by atoms with Crippen LogP contribution in [0.1, 0.15) is 31.2 Å². The summed E-state index contributed by atoms with van der Waals surface area (Å²) in [6, 6.07) is 4.09. The van der Waals surface area contributed by atoms with E-state index in [1.807, 2.05) is 0 Å². The minimum Gasteiger partial charge on any atom is -0.465 e. The van der Waals surface area contributed by atoms with E-state index in [1.54, 1.807) is 6.92 Å². The summed E-state index contributed by atoms with van der Waals surface area (Å²) < 4.78 is 23.2. The van der Waals surface area contributed by atoms with Gasteiger partial charge < -0.3 is 14.8 Å². The van der Waals surface area contributed by atoms with Crippen molar-refractivity contribution in [3.8, 4) is 0 Å². The molecule has 26 heavy (non-hydrogen) atoms. The molecule has 1 amide bonds. The van der Waals surface area contributed by atoms with Gasteiger partial charge in [-0.05, 0) is 24.6 Å². The molecule has 0 bridgehead atoms. The van der Waals surface area contributed by atoms with Crippen molar-refractivity contribution < 1.29 is 28.2 Å². The standard InChI is InChI=1S/C17H15ClFNO5S/c1-8-13(16(22)24-2)15(26-14(8)17(23)25-3)20-12(21)7-9-10(18)5-4-6-11(9)19/h4-6H,7H2,1-3H3,(H,20,21). The molecule has 9 heteroatoms. The topological polar surface area (TPSA) is 81.7 Å². The minimum atomic E-state index is -0.715. The maximum Gasteiger partial charge on any atom is 0.348 e. The van der Waals surface area contributed by atoms with E-state index >= 15 is 0 Å². The molecule has 1 aromatic heterocycles. The lowest BCUT2D eigenvalue weighted by atomic mass is 10.1. The van der Waals surface area contributed by atoms with E-state index in [4.69, 9.17) is 16.3 Å². The molecule has 0 aliphatic carbocycles. The zero-order valence-electron chi connectivity index (χ0n) is 14.1. The van der Waals surface area contributed by atoms with E-state index in [9.17, 15) is 18.8 Å². The highest BCUT2D eigenvalue weighted by Crippen LogP contribution is 2.34. The Bertz CT molecular complexity index is 860. The molecule has 2 aromatic rings. The molecule has 1 N–H and O–H groups in total. The van der Waals surface area contributed by atoms with Gasteiger partial charge in [0.2, 0.25) is 5.91 Å². The molecular weight excluding hydrogens is 385 g/mol. The molecule has 0 spiro atoms. The normalized spacial score (nSPS) is 10.3. The number of nitrogens with one attached hydrogen (secondary N) is 1. The second-order valence-electron chi connectivity index (χ2n) is 5.17. The maximum absolute atomic E-state index is 13.8. The third kappa shape index (κ3) is 4.03. The first-order valence-electron chi connectivity index (χ1n) is 7.32. The van der Waals surface area contributed by atoms with Gasteiger partial charge in [-0.25, -0.2) is 14.0 Å². The molecule has 0 radical (unpaired) electrons. The Hall–Kier alpha value is -2.45. The fourth-order valence-electron chi connectivity index (χ4n) is 2.27. The van der Waals surface area contributed by atoms with Crippen LogP contribution in [0.25, 0.3) is 0 Å². The average Bonchev–Trinajstić information content (AvgIpc) is 2.93. The fourth-order valence-corrected chi connectivity index (χ4v) is 3.63. The highest BCUT2D eigenvalue weighted by atomic mass is 35.5. The maximum atomic E-state index is 13.8. The van der Waals surface area contributed by atoms with Crippen molar-refractivity contribution in [3.05, 3.63) is 50.6 Å². The van der Waals surface area contributed by atoms with Crippen LogP contribution in [-0.4, -0.2) is 32.1 Å². The van der Waals surface area contributed by atoms with Gasteiger partial charge >= 0.3 is 11.9 Å². The quantitative estimate of drug-likeness (QED) is 0.777. The number of thiophene rings is 1. The van der Waals surface area contributed by atoms with Crippen LogP contribution in [0.5, 0.6) is 0 Å². The Morgan fingerprint density at radius 2 is 1.85 bits per heavy atom. The van der Waals surface area contributed by atoms with Crippen molar-refractivity contribution >= 4 is 45.8 Å². The number of amides is 1. The Morgan fingerprint density at radius 1 is 1.19 bits per heavy atom. The van der Waals surface area contributed by atoms with Gasteiger partial charge in [-0.1, -0.05) is 17.7 Å². The number of hydrogen-bond donors (Lipinski definition) is 1. The van der Waals surface area contributed by atoms with Gasteiger partial charge in [0, 0.05) is 10.6 Å². The number of benzene rings is 1. The van der Waals surface area contributed by atoms with E-state index in [0.29, 0.717) is 5.56 Å². The monoisotopic (exact) mass is 399 g/mol. The first-order chi connectivity index (χ1) is 12.3. The fraction of sp³-hybridized carbons (Fsp3) is 0.235. The lowest BCUT2D eigenvalue weighted by Crippen LogP contribution is -2.17. The van der Waals surface area contributed by atoms with E-state index in [0.717, 1.165) is 11.3 Å². The lowest BCUT2D eigenvalue weighted by Gasteiger charge is -2.08. The van der Waals surface area contributed by atoms with E-state index in [-0.39, 0.29) is 32.4 Å². The Balaban J connectivity index is 2.34. The van der Waals surface area contributed by atoms with Crippen molar-refractivity contribution in [1.82, 2.24) is 0 Å². The molecule has 138 valence electrons. The van der Waals surface area contributed by atoms with E-state index in [2.05, 4.69) is 10.1 Å². The average molecular weight is 400 g/mol. The highest BCUT2D eigenvalue weighted by Gasteiger charge is 2.27. The van der Waals surface area contributed by atoms with Crippen LogP contribution in [0, 0.1) is 12.7 Å². The van der Waals surface area contributed by atoms with Crippen LogP contribution in [0.15, 0.2) is 18.2 Å². The number of rotatable bonds is 5. The molecule has 2 rings (SSSR count). The third-order valence-electron chi connectivity index (χ3n) is 3.56. The Kier molecular flexibility index (Phi) is 6.33. The van der Waals surface area contributed by atoms with Crippen molar-refractivity contribution in [2.75, 3.05) is 19.5 Å². The van der Waals surface area contributed by atoms with Gasteiger partial charge in [-0.3, -0.25) is 4.79 Å². The van der Waals surface area contributed by atoms with Crippen LogP contribution in [0.2, 0.25) is 5.02 Å². The number of esters is 2. The minimum absolute atomic E-state index is 0.0350. The number of anilines is 1. The molecule has 0 saturated heterocycles. The van der Waals surface area contributed by atoms with Gasteiger partial charge in [-0.15, -0.1) is 11.3 Å². The number of carbonyl (C=O) groups is 3. The number of methoxy groups -OCH3 is 2. The molecule has 0 unspecified atom stereocenters. The molecule has 0 atom stereocenters. The summed E-state index contributed by atoms with van der Waals surface area (Å²) >= 11 is 6.79. The summed E-state index contributed by atoms with van der Waals surface area (Å²) in [7, 11) is 2.39. The van der Waals surface area contributed by atoms with Gasteiger partial charge in [0.25, 0.3) is 0 Å². The first kappa shape index (κ1) is 19.9. The van der Waals surface area contributed by atoms with Crippen LogP contribution < -0.4 is 5.32 Å². The second kappa shape index (κ2) is 8.29. The summed E-state index contributed by atoms with van der Waals surface area (Å²) in [6.07, 6.45) is -0.337. The number of hydrogen-bond acceptors (Lipinski definition) is 6. The molecule has 1 aromatic carbocycles. The largest absolute Gasteiger partial charge is 0.465 e. The van der Waals surface area contributed by atoms with Gasteiger partial charge in [0.15, 0.2) is 0 Å². The van der Waals surface area contributed by atoms with E-state index in [1.165, 1.54) is 32.4 Å². The third-order valence-corrected chi connectivity index (χ3v) is 5.10. The summed E-state index contributed by atoms with van der Waals surface area (Å²) in [6.45, 7) is 1.54. The van der Waals surface area contributed by atoms with Gasteiger partial charge in [0.1, 0.15) is 15.7 Å². The van der Waals surface area contributed by atoms with Crippen LogP contribution in [0.3, 0.4) is 0 Å². The summed E-state index contributed by atoms with van der Waals surface area (Å²) in [5, 5.41) is 2.75. The zero-order valence-corrected chi connectivity index (χ0v) is 15.7. The summed E-state index contributed by atoms with van der Waals surface area (Å²) in [4.78, 5) is 36.3. The van der Waals surface area contributed by atoms with Gasteiger partial charge in [0.05, 0.1) is 26.2 Å². The van der Waals surface area contributed by atoms with Gasteiger partial charge in [-0.2, -0.15) is 0 Å². The van der Waals surface area contributed by atoms with Crippen LogP contribution >= 0.6 is 22.9 Å². The number of carbonyl (C=O) groups excluding carboxylic acids is 3. The van der Waals surface area contributed by atoms with Crippen molar-refractivity contribution in [2.24, 2.45) is 0 Å². The molecule has 6 nitrogen and oxygen atoms in total. The second-order valence-corrected chi connectivity index (χ2v) is 6.60. The van der Waals surface area contributed by atoms with Crippen LogP contribution in [-0.2, 0) is 20.7 Å². The predicted octanol–water partition coefficient (Wildman–Crippen LogP) is 3.60. The lowest BCUT2D eigenvalue weighted by molar-refractivity contribution is -0.115. The Labute approximate surface area is 157 Å². The molecule has 0 aliphatic heterocycles. The first-order valence-corrected chi connectivity index (χ1v) is 8.52. The molecule has 0 fully saturated rings. The number of halogens is 2. The zero-order chi connectivity index (χ0) is 19.4. The number of ether oxygens (including phenoxy) is 2. The van der Waals surface area contributed by atoms with Crippen molar-refractivity contribution in [2.45, 2.75) is 13.3 Å². The predicted molar refractivity (Wildman–Crippen MR) is 95.5 cm³/mol. The van der Waals surface area contributed by atoms with Crippen molar-refractivity contribution in [3.63, 3.8) is 0 Å². The molecular formula is C17H15ClFNO5S. The van der Waals surface area contributed by atoms with E-state index < -0.39 is 23.7 Å². The smallest absolute Gasteiger partial charge is 0.348 e. The van der Waals surface area contributed by atoms with Crippen molar-refractivity contribution in [1.29, 1.82) is 0 Å². The Morgan fingerprint density at radius 3 is 2.42 bits per heavy atom. The highest BCUT2D eigenvalue weighted by molar-refractivity contribution is 7.18. The summed E-state index contributed by atoms with van der Waals surface area (Å²) in [5.74, 6) is -2.57. The molecule has 1 heterocycles.